The molecule has 24 heavy (non-hydrogen) atoms. The van der Waals surface area contributed by atoms with Crippen LogP contribution in [0.4, 0.5) is 0 Å². The molecule has 1 amide bonds. The summed E-state index contributed by atoms with van der Waals surface area (Å²) in [6.45, 7) is 2.01. The fraction of sp³-hybridized carbons (Fsp3) is 0.263. The van der Waals surface area contributed by atoms with Gasteiger partial charge in [-0.25, -0.2) is 4.98 Å². The summed E-state index contributed by atoms with van der Waals surface area (Å²) in [4.78, 5) is 16.9. The van der Waals surface area contributed by atoms with E-state index in [1.807, 2.05) is 49.4 Å². The predicted octanol–water partition coefficient (Wildman–Crippen LogP) is 3.59. The first-order valence-electron chi connectivity index (χ1n) is 7.91. The Labute approximate surface area is 145 Å². The van der Waals surface area contributed by atoms with E-state index >= 15 is 0 Å². The second-order valence-electron chi connectivity index (χ2n) is 5.74. The minimum absolute atomic E-state index is 0.00638. The van der Waals surface area contributed by atoms with E-state index in [0.29, 0.717) is 6.42 Å². The Kier molecular flexibility index (Phi) is 5.11. The number of carbonyl (C=O) groups is 1. The number of amides is 1. The maximum absolute atomic E-state index is 12.3. The van der Waals surface area contributed by atoms with E-state index in [9.17, 15) is 4.79 Å². The molecule has 124 valence electrons. The molecule has 0 saturated carbocycles. The summed E-state index contributed by atoms with van der Waals surface area (Å²) in [5.74, 6) is 0.736. The van der Waals surface area contributed by atoms with Gasteiger partial charge in [-0.3, -0.25) is 4.79 Å². The van der Waals surface area contributed by atoms with Gasteiger partial charge in [0.2, 0.25) is 5.91 Å². The highest BCUT2D eigenvalue weighted by Gasteiger charge is 2.13. The number of para-hydroxylation sites is 2. The monoisotopic (exact) mass is 340 g/mol. The van der Waals surface area contributed by atoms with Crippen LogP contribution in [0.5, 0.6) is 5.75 Å². The van der Waals surface area contributed by atoms with Crippen molar-refractivity contribution in [3.05, 3.63) is 59.1 Å². The second kappa shape index (κ2) is 7.45. The molecular weight excluding hydrogens is 320 g/mol. The highest BCUT2D eigenvalue weighted by molar-refractivity contribution is 7.18. The Balaban J connectivity index is 1.59. The molecule has 0 spiro atoms. The van der Waals surface area contributed by atoms with Gasteiger partial charge in [0, 0.05) is 18.0 Å². The minimum Gasteiger partial charge on any atom is -0.496 e. The number of aromatic nitrogens is 1. The lowest BCUT2D eigenvalue weighted by molar-refractivity contribution is -0.121. The molecule has 1 N–H and O–H groups in total. The summed E-state index contributed by atoms with van der Waals surface area (Å²) >= 11 is 1.68. The third kappa shape index (κ3) is 3.92. The van der Waals surface area contributed by atoms with E-state index in [4.69, 9.17) is 4.74 Å². The van der Waals surface area contributed by atoms with Crippen molar-refractivity contribution >= 4 is 27.5 Å². The van der Waals surface area contributed by atoms with E-state index < -0.39 is 0 Å². The molecule has 3 rings (SSSR count). The number of fused-ring (bicyclic) bond motifs is 1. The zero-order valence-corrected chi connectivity index (χ0v) is 14.6. The molecule has 0 aliphatic heterocycles. The molecule has 0 aliphatic carbocycles. The minimum atomic E-state index is -0.00638. The number of hydrogen-bond acceptors (Lipinski definition) is 4. The lowest BCUT2D eigenvalue weighted by Gasteiger charge is -2.13. The van der Waals surface area contributed by atoms with Gasteiger partial charge in [-0.2, -0.15) is 0 Å². The lowest BCUT2D eigenvalue weighted by atomic mass is 10.1. The van der Waals surface area contributed by atoms with Gasteiger partial charge in [0.05, 0.1) is 28.8 Å². The summed E-state index contributed by atoms with van der Waals surface area (Å²) < 4.78 is 6.47. The number of ether oxygens (including phenoxy) is 1. The van der Waals surface area contributed by atoms with Crippen LogP contribution in [0.15, 0.2) is 48.5 Å². The number of nitrogens with zero attached hydrogens (tertiary/aromatic N) is 1. The van der Waals surface area contributed by atoms with E-state index in [1.54, 1.807) is 18.4 Å². The fourth-order valence-corrected chi connectivity index (χ4v) is 3.76. The van der Waals surface area contributed by atoms with Gasteiger partial charge < -0.3 is 10.1 Å². The smallest absolute Gasteiger partial charge is 0.224 e. The van der Waals surface area contributed by atoms with E-state index in [-0.39, 0.29) is 11.9 Å². The average molecular weight is 340 g/mol. The highest BCUT2D eigenvalue weighted by Crippen LogP contribution is 2.22. The number of carbonyl (C=O) groups excluding carboxylic acids is 1. The molecule has 1 atom stereocenters. The Morgan fingerprint density at radius 3 is 2.75 bits per heavy atom. The normalized spacial score (nSPS) is 12.1. The van der Waals surface area contributed by atoms with Crippen molar-refractivity contribution in [1.29, 1.82) is 0 Å². The fourth-order valence-electron chi connectivity index (χ4n) is 2.67. The number of rotatable bonds is 6. The van der Waals surface area contributed by atoms with Gasteiger partial charge in [0.15, 0.2) is 0 Å². The van der Waals surface area contributed by atoms with Gasteiger partial charge >= 0.3 is 0 Å². The number of methoxy groups -OCH3 is 1. The summed E-state index contributed by atoms with van der Waals surface area (Å²) in [7, 11) is 1.62. The van der Waals surface area contributed by atoms with Crippen LogP contribution >= 0.6 is 11.3 Å². The molecule has 0 bridgehead atoms. The standard InChI is InChI=1S/C19H20N2O2S/c1-13(11-19-21-15-8-4-6-10-17(15)24-19)20-18(22)12-14-7-3-5-9-16(14)23-2/h3-10,13H,11-12H2,1-2H3,(H,20,22)/t13-/m1/s1. The van der Waals surface area contributed by atoms with Crippen molar-refractivity contribution < 1.29 is 9.53 Å². The van der Waals surface area contributed by atoms with Crippen molar-refractivity contribution in [2.24, 2.45) is 0 Å². The van der Waals surface area contributed by atoms with Crippen LogP contribution in [0.2, 0.25) is 0 Å². The third-order valence-electron chi connectivity index (χ3n) is 3.77. The van der Waals surface area contributed by atoms with Crippen molar-refractivity contribution in [2.45, 2.75) is 25.8 Å². The molecule has 0 saturated heterocycles. The first kappa shape index (κ1) is 16.5. The van der Waals surface area contributed by atoms with Crippen LogP contribution in [0.3, 0.4) is 0 Å². The van der Waals surface area contributed by atoms with Crippen LogP contribution < -0.4 is 10.1 Å². The average Bonchev–Trinajstić information content (AvgIpc) is 2.97. The van der Waals surface area contributed by atoms with Crippen LogP contribution in [-0.4, -0.2) is 24.0 Å². The van der Waals surface area contributed by atoms with Crippen LogP contribution in [-0.2, 0) is 17.6 Å². The first-order chi connectivity index (χ1) is 11.7. The quantitative estimate of drug-likeness (QED) is 0.746. The van der Waals surface area contributed by atoms with Crippen molar-refractivity contribution in [3.63, 3.8) is 0 Å². The zero-order valence-electron chi connectivity index (χ0n) is 13.8. The molecule has 0 unspecified atom stereocenters. The van der Waals surface area contributed by atoms with E-state index in [2.05, 4.69) is 16.4 Å². The molecule has 0 radical (unpaired) electrons. The van der Waals surface area contributed by atoms with Gasteiger partial charge in [-0.1, -0.05) is 30.3 Å². The first-order valence-corrected chi connectivity index (χ1v) is 8.73. The van der Waals surface area contributed by atoms with Crippen LogP contribution in [0.25, 0.3) is 10.2 Å². The molecule has 4 nitrogen and oxygen atoms in total. The molecule has 1 aromatic heterocycles. The topological polar surface area (TPSA) is 51.2 Å². The Morgan fingerprint density at radius 2 is 1.96 bits per heavy atom. The molecule has 1 heterocycles. The highest BCUT2D eigenvalue weighted by atomic mass is 32.1. The second-order valence-corrected chi connectivity index (χ2v) is 6.85. The Bertz CT molecular complexity index is 811. The van der Waals surface area contributed by atoms with Gasteiger partial charge in [0.1, 0.15) is 5.75 Å². The number of hydrogen-bond donors (Lipinski definition) is 1. The number of nitrogens with one attached hydrogen (secondary N) is 1. The van der Waals surface area contributed by atoms with Gasteiger partial charge in [-0.15, -0.1) is 11.3 Å². The maximum Gasteiger partial charge on any atom is 0.224 e. The molecule has 0 fully saturated rings. The molecule has 2 aromatic carbocycles. The van der Waals surface area contributed by atoms with Crippen molar-refractivity contribution in [2.75, 3.05) is 7.11 Å². The van der Waals surface area contributed by atoms with Crippen LogP contribution in [0.1, 0.15) is 17.5 Å². The van der Waals surface area contributed by atoms with Gasteiger partial charge in [-0.05, 0) is 25.1 Å². The summed E-state index contributed by atoms with van der Waals surface area (Å²) in [6.07, 6.45) is 1.05. The summed E-state index contributed by atoms with van der Waals surface area (Å²) in [5, 5.41) is 4.09. The maximum atomic E-state index is 12.3. The summed E-state index contributed by atoms with van der Waals surface area (Å²) in [6, 6.07) is 15.7. The van der Waals surface area contributed by atoms with E-state index in [1.165, 1.54) is 4.70 Å². The van der Waals surface area contributed by atoms with Crippen molar-refractivity contribution in [3.8, 4) is 5.75 Å². The molecule has 5 heteroatoms. The Morgan fingerprint density at radius 1 is 1.21 bits per heavy atom. The zero-order chi connectivity index (χ0) is 16.9. The SMILES string of the molecule is COc1ccccc1CC(=O)N[C@H](C)Cc1nc2ccccc2s1. The molecule has 0 aliphatic rings. The van der Waals surface area contributed by atoms with Crippen molar-refractivity contribution in [1.82, 2.24) is 10.3 Å². The third-order valence-corrected chi connectivity index (χ3v) is 4.83. The number of benzene rings is 2. The predicted molar refractivity (Wildman–Crippen MR) is 97.6 cm³/mol. The summed E-state index contributed by atoms with van der Waals surface area (Å²) in [5.41, 5.74) is 1.91. The largest absolute Gasteiger partial charge is 0.496 e. The number of thiazole rings is 1. The Hall–Kier alpha value is -2.40. The molecule has 3 aromatic rings. The molecular formula is C19H20N2O2S. The van der Waals surface area contributed by atoms with Gasteiger partial charge in [0.25, 0.3) is 0 Å². The lowest BCUT2D eigenvalue weighted by Crippen LogP contribution is -2.35. The van der Waals surface area contributed by atoms with E-state index in [0.717, 1.165) is 28.3 Å². The van der Waals surface area contributed by atoms with Crippen LogP contribution in [0, 0.1) is 0 Å².